The third-order valence-corrected chi connectivity index (χ3v) is 3.48. The monoisotopic (exact) mass is 329 g/mol. The number of ether oxygens (including phenoxy) is 1. The average Bonchev–Trinajstić information content (AvgIpc) is 2.83. The molecule has 96 valence electrons. The van der Waals surface area contributed by atoms with E-state index in [9.17, 15) is 0 Å². The van der Waals surface area contributed by atoms with Crippen LogP contribution in [0.25, 0.3) is 0 Å². The summed E-state index contributed by atoms with van der Waals surface area (Å²) in [6, 6.07) is 7.33. The topological polar surface area (TPSA) is 34.4 Å². The summed E-state index contributed by atoms with van der Waals surface area (Å²) in [5, 5.41) is 3.84. The molecule has 2 rings (SSSR count). The summed E-state index contributed by atoms with van der Waals surface area (Å²) in [6.07, 6.45) is 1.64. The molecule has 0 spiro atoms. The van der Waals surface area contributed by atoms with Crippen molar-refractivity contribution in [1.82, 2.24) is 5.32 Å². The summed E-state index contributed by atoms with van der Waals surface area (Å²) < 4.78 is 11.7. The zero-order valence-electron chi connectivity index (χ0n) is 10.0. The summed E-state index contributed by atoms with van der Waals surface area (Å²) in [6.45, 7) is 0. The molecule has 18 heavy (non-hydrogen) atoms. The van der Waals surface area contributed by atoms with E-state index in [0.717, 1.165) is 21.5 Å². The lowest BCUT2D eigenvalue weighted by molar-refractivity contribution is 0.394. The van der Waals surface area contributed by atoms with E-state index in [0.29, 0.717) is 5.02 Å². The van der Waals surface area contributed by atoms with E-state index >= 15 is 0 Å². The third-order valence-electron chi connectivity index (χ3n) is 2.67. The van der Waals surface area contributed by atoms with E-state index in [1.807, 2.05) is 25.2 Å². The Labute approximate surface area is 119 Å². The highest BCUT2D eigenvalue weighted by Gasteiger charge is 2.21. The van der Waals surface area contributed by atoms with Crippen molar-refractivity contribution in [1.29, 1.82) is 0 Å². The highest BCUT2D eigenvalue weighted by atomic mass is 79.9. The summed E-state index contributed by atoms with van der Waals surface area (Å²) in [5.74, 6) is 1.56. The lowest BCUT2D eigenvalue weighted by atomic mass is 10.0. The van der Waals surface area contributed by atoms with Crippen LogP contribution in [-0.4, -0.2) is 14.2 Å². The second-order valence-corrected chi connectivity index (χ2v) is 5.04. The minimum Gasteiger partial charge on any atom is -0.495 e. The van der Waals surface area contributed by atoms with Crippen molar-refractivity contribution in [3.05, 3.63) is 51.3 Å². The third kappa shape index (κ3) is 2.55. The summed E-state index contributed by atoms with van der Waals surface area (Å²) in [5.41, 5.74) is 0.925. The predicted octanol–water partition coefficient (Wildman–Crippen LogP) is 4.01. The van der Waals surface area contributed by atoms with Crippen LogP contribution in [0.4, 0.5) is 0 Å². The van der Waals surface area contributed by atoms with Gasteiger partial charge in [0.25, 0.3) is 0 Å². The minimum atomic E-state index is -0.107. The Kier molecular flexibility index (Phi) is 4.32. The summed E-state index contributed by atoms with van der Waals surface area (Å²) in [7, 11) is 3.49. The summed E-state index contributed by atoms with van der Waals surface area (Å²) >= 11 is 9.55. The van der Waals surface area contributed by atoms with E-state index < -0.39 is 0 Å². The van der Waals surface area contributed by atoms with Gasteiger partial charge >= 0.3 is 0 Å². The van der Waals surface area contributed by atoms with Gasteiger partial charge in [0.1, 0.15) is 11.5 Å². The molecule has 0 aliphatic heterocycles. The number of hydrogen-bond donors (Lipinski definition) is 1. The molecule has 0 aliphatic carbocycles. The molecule has 0 fully saturated rings. The number of rotatable bonds is 4. The second-order valence-electron chi connectivity index (χ2n) is 3.75. The zero-order valence-corrected chi connectivity index (χ0v) is 12.4. The second kappa shape index (κ2) is 5.78. The van der Waals surface area contributed by atoms with E-state index in [1.165, 1.54) is 0 Å². The van der Waals surface area contributed by atoms with E-state index in [2.05, 4.69) is 21.2 Å². The van der Waals surface area contributed by atoms with Crippen LogP contribution in [-0.2, 0) is 0 Å². The van der Waals surface area contributed by atoms with Crippen LogP contribution in [0.2, 0.25) is 5.02 Å². The Morgan fingerprint density at radius 3 is 2.78 bits per heavy atom. The maximum atomic E-state index is 6.10. The van der Waals surface area contributed by atoms with Crippen molar-refractivity contribution in [3.8, 4) is 5.75 Å². The number of methoxy groups -OCH3 is 1. The number of nitrogens with one attached hydrogen (secondary N) is 1. The van der Waals surface area contributed by atoms with Crippen molar-refractivity contribution in [3.63, 3.8) is 0 Å². The van der Waals surface area contributed by atoms with Gasteiger partial charge < -0.3 is 14.5 Å². The van der Waals surface area contributed by atoms with Crippen LogP contribution in [0.5, 0.6) is 5.75 Å². The Bertz CT molecular complexity index is 528. The lowest BCUT2D eigenvalue weighted by Crippen LogP contribution is -2.18. The molecule has 0 radical (unpaired) electrons. The van der Waals surface area contributed by atoms with E-state index in [1.54, 1.807) is 19.4 Å². The van der Waals surface area contributed by atoms with Gasteiger partial charge in [-0.1, -0.05) is 11.6 Å². The largest absolute Gasteiger partial charge is 0.495 e. The first-order valence-electron chi connectivity index (χ1n) is 5.41. The molecular formula is C13H13BrClNO2. The van der Waals surface area contributed by atoms with Gasteiger partial charge in [-0.2, -0.15) is 0 Å². The van der Waals surface area contributed by atoms with Gasteiger partial charge in [0, 0.05) is 10.6 Å². The fraction of sp³-hybridized carbons (Fsp3) is 0.231. The van der Waals surface area contributed by atoms with Crippen LogP contribution in [0.1, 0.15) is 17.4 Å². The lowest BCUT2D eigenvalue weighted by Gasteiger charge is -2.18. The Morgan fingerprint density at radius 1 is 1.44 bits per heavy atom. The fourth-order valence-corrected chi connectivity index (χ4v) is 2.91. The van der Waals surface area contributed by atoms with Crippen molar-refractivity contribution >= 4 is 27.5 Å². The van der Waals surface area contributed by atoms with Gasteiger partial charge in [0.15, 0.2) is 0 Å². The molecule has 0 aliphatic rings. The van der Waals surface area contributed by atoms with Crippen LogP contribution in [0, 0.1) is 0 Å². The number of benzene rings is 1. The molecule has 0 saturated heterocycles. The molecule has 1 aromatic heterocycles. The van der Waals surface area contributed by atoms with Crippen molar-refractivity contribution < 1.29 is 9.15 Å². The van der Waals surface area contributed by atoms with Gasteiger partial charge in [-0.05, 0) is 47.2 Å². The number of furan rings is 1. The van der Waals surface area contributed by atoms with Gasteiger partial charge in [-0.15, -0.1) is 0 Å². The van der Waals surface area contributed by atoms with Gasteiger partial charge in [0.05, 0.1) is 23.9 Å². The zero-order chi connectivity index (χ0) is 13.1. The molecule has 5 heteroatoms. The Balaban J connectivity index is 2.54. The molecule has 1 aromatic carbocycles. The van der Waals surface area contributed by atoms with E-state index in [-0.39, 0.29) is 6.04 Å². The van der Waals surface area contributed by atoms with Crippen LogP contribution >= 0.6 is 27.5 Å². The first-order chi connectivity index (χ1) is 8.67. The quantitative estimate of drug-likeness (QED) is 0.919. The molecule has 0 saturated carbocycles. The highest BCUT2D eigenvalue weighted by Crippen LogP contribution is 2.38. The predicted molar refractivity (Wildman–Crippen MR) is 75.3 cm³/mol. The molecule has 3 nitrogen and oxygen atoms in total. The van der Waals surface area contributed by atoms with Gasteiger partial charge in [-0.3, -0.25) is 0 Å². The Morgan fingerprint density at radius 2 is 2.22 bits per heavy atom. The standard InChI is InChI=1S/C13H13BrClNO2/c1-16-12(11-4-3-5-18-11)9-6-8(15)7-10(14)13(9)17-2/h3-7,12,16H,1-2H3. The molecule has 0 bridgehead atoms. The van der Waals surface area contributed by atoms with Gasteiger partial charge in [-0.25, -0.2) is 0 Å². The number of halogens is 2. The number of hydrogen-bond acceptors (Lipinski definition) is 3. The first-order valence-corrected chi connectivity index (χ1v) is 6.58. The maximum absolute atomic E-state index is 6.10. The minimum absolute atomic E-state index is 0.107. The van der Waals surface area contributed by atoms with Crippen LogP contribution in [0.15, 0.2) is 39.4 Å². The van der Waals surface area contributed by atoms with Gasteiger partial charge in [0.2, 0.25) is 0 Å². The average molecular weight is 331 g/mol. The van der Waals surface area contributed by atoms with Crippen LogP contribution in [0.3, 0.4) is 0 Å². The summed E-state index contributed by atoms with van der Waals surface area (Å²) in [4.78, 5) is 0. The molecule has 2 aromatic rings. The normalized spacial score (nSPS) is 12.4. The Hall–Kier alpha value is -0.970. The fourth-order valence-electron chi connectivity index (χ4n) is 1.92. The molecule has 1 unspecified atom stereocenters. The molecule has 1 N–H and O–H groups in total. The molecule has 0 amide bonds. The molecular weight excluding hydrogens is 318 g/mol. The molecule has 1 heterocycles. The SMILES string of the molecule is CNC(c1ccco1)c1cc(Cl)cc(Br)c1OC. The molecule has 1 atom stereocenters. The van der Waals surface area contributed by atoms with Crippen molar-refractivity contribution in [2.45, 2.75) is 6.04 Å². The smallest absolute Gasteiger partial charge is 0.138 e. The van der Waals surface area contributed by atoms with E-state index in [4.69, 9.17) is 20.8 Å². The first kappa shape index (κ1) is 13.5. The van der Waals surface area contributed by atoms with Crippen molar-refractivity contribution in [2.75, 3.05) is 14.2 Å². The van der Waals surface area contributed by atoms with Crippen LogP contribution < -0.4 is 10.1 Å². The highest BCUT2D eigenvalue weighted by molar-refractivity contribution is 9.10. The maximum Gasteiger partial charge on any atom is 0.138 e. The van der Waals surface area contributed by atoms with Crippen molar-refractivity contribution in [2.24, 2.45) is 0 Å².